The second-order valence-electron chi connectivity index (χ2n) is 8.68. The molecule has 0 N–H and O–H groups in total. The number of aromatic nitrogens is 2. The Bertz CT molecular complexity index is 1120. The van der Waals surface area contributed by atoms with Gasteiger partial charge in [-0.05, 0) is 67.8 Å². The number of fused-ring (bicyclic) bond motifs is 1. The summed E-state index contributed by atoms with van der Waals surface area (Å²) in [7, 11) is 1.67. The number of nitrogens with zero attached hydrogens (tertiary/aromatic N) is 4. The first-order valence-electron chi connectivity index (χ1n) is 11.7. The van der Waals surface area contributed by atoms with Gasteiger partial charge in [0, 0.05) is 49.0 Å². The van der Waals surface area contributed by atoms with E-state index in [1.54, 1.807) is 7.11 Å². The Hall–Kier alpha value is -2.99. The lowest BCUT2D eigenvalue weighted by Gasteiger charge is -2.36. The smallest absolute Gasteiger partial charge is 0.274 e. The molecule has 0 spiro atoms. The molecule has 172 valence electrons. The van der Waals surface area contributed by atoms with Gasteiger partial charge in [0.2, 0.25) is 0 Å². The van der Waals surface area contributed by atoms with Crippen molar-refractivity contribution in [3.8, 4) is 17.1 Å². The third kappa shape index (κ3) is 4.44. The van der Waals surface area contributed by atoms with E-state index in [1.807, 2.05) is 41.3 Å². The van der Waals surface area contributed by atoms with Crippen LogP contribution >= 0.6 is 11.6 Å². The molecule has 1 fully saturated rings. The number of hydrogen-bond donors (Lipinski definition) is 0. The molecule has 7 heteroatoms. The number of ether oxygens (including phenoxy) is 1. The van der Waals surface area contributed by atoms with Crippen molar-refractivity contribution in [3.63, 3.8) is 0 Å². The number of methoxy groups -OCH3 is 1. The van der Waals surface area contributed by atoms with E-state index in [0.717, 1.165) is 67.4 Å². The maximum atomic E-state index is 13.6. The van der Waals surface area contributed by atoms with Gasteiger partial charge in [-0.1, -0.05) is 18.0 Å². The van der Waals surface area contributed by atoms with Crippen LogP contribution in [0.5, 0.6) is 5.75 Å². The largest absolute Gasteiger partial charge is 0.497 e. The minimum atomic E-state index is 0.0512. The van der Waals surface area contributed by atoms with Crippen LogP contribution in [0.25, 0.3) is 11.4 Å². The number of halogens is 1. The molecular weight excluding hydrogens is 436 g/mol. The zero-order valence-corrected chi connectivity index (χ0v) is 19.7. The summed E-state index contributed by atoms with van der Waals surface area (Å²) in [5.41, 5.74) is 3.87. The third-order valence-corrected chi connectivity index (χ3v) is 6.93. The Morgan fingerprint density at radius 1 is 0.909 bits per heavy atom. The van der Waals surface area contributed by atoms with Crippen LogP contribution in [0.15, 0.2) is 48.5 Å². The van der Waals surface area contributed by atoms with Gasteiger partial charge < -0.3 is 19.1 Å². The number of benzene rings is 2. The van der Waals surface area contributed by atoms with Crippen molar-refractivity contribution in [1.29, 1.82) is 0 Å². The van der Waals surface area contributed by atoms with Crippen molar-refractivity contribution in [2.75, 3.05) is 38.2 Å². The number of piperazine rings is 1. The lowest BCUT2D eigenvalue weighted by Crippen LogP contribution is -2.49. The molecule has 3 heterocycles. The summed E-state index contributed by atoms with van der Waals surface area (Å²) < 4.78 is 7.52. The SMILES string of the molecule is COc1ccc(N2CCN(C(=O)c3nc(-c4ccc(Cl)cc4)n4c3CCCCC4)CC2)cc1. The van der Waals surface area contributed by atoms with Gasteiger partial charge in [-0.2, -0.15) is 0 Å². The van der Waals surface area contributed by atoms with Gasteiger partial charge in [-0.25, -0.2) is 4.98 Å². The molecule has 5 rings (SSSR count). The van der Waals surface area contributed by atoms with Gasteiger partial charge in [-0.15, -0.1) is 0 Å². The average Bonchev–Trinajstić information content (AvgIpc) is 3.05. The predicted octanol–water partition coefficient (Wildman–Crippen LogP) is 4.90. The van der Waals surface area contributed by atoms with Crippen molar-refractivity contribution in [2.45, 2.75) is 32.2 Å². The van der Waals surface area contributed by atoms with E-state index in [-0.39, 0.29) is 5.91 Å². The number of carbonyl (C=O) groups excluding carboxylic acids is 1. The Balaban J connectivity index is 1.36. The molecule has 1 aromatic heterocycles. The van der Waals surface area contributed by atoms with Crippen molar-refractivity contribution in [2.24, 2.45) is 0 Å². The monoisotopic (exact) mass is 464 g/mol. The number of carbonyl (C=O) groups is 1. The van der Waals surface area contributed by atoms with Crippen LogP contribution in [0.4, 0.5) is 5.69 Å². The summed E-state index contributed by atoms with van der Waals surface area (Å²) in [5, 5.41) is 0.701. The summed E-state index contributed by atoms with van der Waals surface area (Å²) in [5.74, 6) is 1.78. The van der Waals surface area contributed by atoms with Crippen LogP contribution in [0.3, 0.4) is 0 Å². The lowest BCUT2D eigenvalue weighted by molar-refractivity contribution is 0.0740. The van der Waals surface area contributed by atoms with Gasteiger partial charge in [0.15, 0.2) is 0 Å². The number of rotatable bonds is 4. The number of anilines is 1. The minimum Gasteiger partial charge on any atom is -0.497 e. The normalized spacial score (nSPS) is 16.3. The van der Waals surface area contributed by atoms with Crippen molar-refractivity contribution in [3.05, 3.63) is 64.9 Å². The highest BCUT2D eigenvalue weighted by molar-refractivity contribution is 6.30. The van der Waals surface area contributed by atoms with E-state index in [9.17, 15) is 4.79 Å². The highest BCUT2D eigenvalue weighted by Crippen LogP contribution is 2.29. The van der Waals surface area contributed by atoms with Crippen molar-refractivity contribution in [1.82, 2.24) is 14.5 Å². The van der Waals surface area contributed by atoms with Gasteiger partial charge >= 0.3 is 0 Å². The molecular formula is C26H29ClN4O2. The fourth-order valence-electron chi connectivity index (χ4n) is 4.82. The Kier molecular flexibility index (Phi) is 6.27. The summed E-state index contributed by atoms with van der Waals surface area (Å²) in [4.78, 5) is 22.8. The zero-order valence-electron chi connectivity index (χ0n) is 19.0. The number of hydrogen-bond acceptors (Lipinski definition) is 4. The molecule has 2 aromatic carbocycles. The van der Waals surface area contributed by atoms with Crippen molar-refractivity contribution < 1.29 is 9.53 Å². The molecule has 1 amide bonds. The zero-order chi connectivity index (χ0) is 22.8. The Morgan fingerprint density at radius 2 is 1.64 bits per heavy atom. The highest BCUT2D eigenvalue weighted by atomic mass is 35.5. The number of amides is 1. The number of imidazole rings is 1. The first kappa shape index (κ1) is 21.8. The van der Waals surface area contributed by atoms with E-state index < -0.39 is 0 Å². The molecule has 0 bridgehead atoms. The third-order valence-electron chi connectivity index (χ3n) is 6.68. The maximum Gasteiger partial charge on any atom is 0.274 e. The molecule has 3 aromatic rings. The maximum absolute atomic E-state index is 13.6. The quantitative estimate of drug-likeness (QED) is 0.551. The fourth-order valence-corrected chi connectivity index (χ4v) is 4.95. The van der Waals surface area contributed by atoms with E-state index in [0.29, 0.717) is 23.8 Å². The highest BCUT2D eigenvalue weighted by Gasteiger charge is 2.29. The van der Waals surface area contributed by atoms with E-state index >= 15 is 0 Å². The standard InChI is InChI=1S/C26H29ClN4O2/c1-33-22-12-10-21(11-13-22)29-15-17-30(18-16-29)26(32)24-23-5-3-2-4-14-31(23)25(28-24)19-6-8-20(27)9-7-19/h6-13H,2-5,14-18H2,1H3. The van der Waals surface area contributed by atoms with Gasteiger partial charge in [0.1, 0.15) is 17.3 Å². The van der Waals surface area contributed by atoms with Crippen LogP contribution in [-0.4, -0.2) is 53.6 Å². The van der Waals surface area contributed by atoms with E-state index in [4.69, 9.17) is 21.3 Å². The van der Waals surface area contributed by atoms with E-state index in [2.05, 4.69) is 21.6 Å². The average molecular weight is 465 g/mol. The van der Waals surface area contributed by atoms with Crippen molar-refractivity contribution >= 4 is 23.2 Å². The topological polar surface area (TPSA) is 50.6 Å². The summed E-state index contributed by atoms with van der Waals surface area (Å²) in [6.45, 7) is 3.88. The molecule has 0 unspecified atom stereocenters. The molecule has 0 atom stereocenters. The van der Waals surface area contributed by atoms with Crippen LogP contribution in [-0.2, 0) is 13.0 Å². The van der Waals surface area contributed by atoms with Crippen LogP contribution < -0.4 is 9.64 Å². The van der Waals surface area contributed by atoms with Crippen LogP contribution in [0.2, 0.25) is 5.02 Å². The molecule has 33 heavy (non-hydrogen) atoms. The first-order valence-corrected chi connectivity index (χ1v) is 12.1. The van der Waals surface area contributed by atoms with Crippen LogP contribution in [0.1, 0.15) is 35.4 Å². The van der Waals surface area contributed by atoms with Gasteiger partial charge in [0.25, 0.3) is 5.91 Å². The van der Waals surface area contributed by atoms with Gasteiger partial charge in [-0.3, -0.25) is 4.79 Å². The second kappa shape index (κ2) is 9.48. The Labute approximate surface area is 199 Å². The second-order valence-corrected chi connectivity index (χ2v) is 9.11. The molecule has 0 aliphatic carbocycles. The molecule has 0 radical (unpaired) electrons. The lowest BCUT2D eigenvalue weighted by atomic mass is 10.1. The Morgan fingerprint density at radius 3 is 2.33 bits per heavy atom. The van der Waals surface area contributed by atoms with E-state index in [1.165, 1.54) is 6.42 Å². The molecule has 2 aliphatic heterocycles. The first-order chi connectivity index (χ1) is 16.1. The summed E-state index contributed by atoms with van der Waals surface area (Å²) in [6, 6.07) is 15.9. The molecule has 1 saturated heterocycles. The van der Waals surface area contributed by atoms with Gasteiger partial charge in [0.05, 0.1) is 12.8 Å². The molecule has 2 aliphatic rings. The fraction of sp³-hybridized carbons (Fsp3) is 0.385. The van der Waals surface area contributed by atoms with Crippen LogP contribution in [0, 0.1) is 0 Å². The summed E-state index contributed by atoms with van der Waals surface area (Å²) in [6.07, 6.45) is 4.28. The molecule has 6 nitrogen and oxygen atoms in total. The molecule has 0 saturated carbocycles. The summed E-state index contributed by atoms with van der Waals surface area (Å²) >= 11 is 6.10. The minimum absolute atomic E-state index is 0.0512. The predicted molar refractivity (Wildman–Crippen MR) is 131 cm³/mol.